The number of hydrogen-bond acceptors (Lipinski definition) is 5. The second-order valence-corrected chi connectivity index (χ2v) is 8.05. The van der Waals surface area contributed by atoms with Gasteiger partial charge in [0.15, 0.2) is 11.8 Å². The lowest BCUT2D eigenvalue weighted by Gasteiger charge is -2.37. The Morgan fingerprint density at radius 2 is 1.97 bits per heavy atom. The number of hydrogen-bond donors (Lipinski definition) is 1. The molecule has 1 fully saturated rings. The predicted octanol–water partition coefficient (Wildman–Crippen LogP) is 2.28. The van der Waals surface area contributed by atoms with E-state index in [1.54, 1.807) is 6.07 Å². The maximum atomic E-state index is 14.1. The molecular formula is C20H30FN7S. The van der Waals surface area contributed by atoms with Gasteiger partial charge in [0, 0.05) is 39.8 Å². The van der Waals surface area contributed by atoms with Crippen LogP contribution in [0.1, 0.15) is 18.1 Å². The van der Waals surface area contributed by atoms with Crippen molar-refractivity contribution in [3.05, 3.63) is 41.7 Å². The number of piperazine rings is 1. The van der Waals surface area contributed by atoms with E-state index in [0.29, 0.717) is 12.2 Å². The van der Waals surface area contributed by atoms with Crippen LogP contribution >= 0.6 is 11.8 Å². The number of nitrogens with one attached hydrogen (secondary N) is 1. The number of para-hydroxylation sites is 1. The van der Waals surface area contributed by atoms with Crippen LogP contribution in [0.4, 0.5) is 10.1 Å². The van der Waals surface area contributed by atoms with Crippen molar-refractivity contribution in [2.24, 2.45) is 12.0 Å². The Hall–Kier alpha value is -2.29. The Labute approximate surface area is 176 Å². The molecule has 7 nitrogen and oxygen atoms in total. The Balaban J connectivity index is 1.65. The molecule has 0 atom stereocenters. The number of benzene rings is 1. The van der Waals surface area contributed by atoms with E-state index in [4.69, 9.17) is 4.99 Å². The van der Waals surface area contributed by atoms with Gasteiger partial charge < -0.3 is 19.7 Å². The highest BCUT2D eigenvalue weighted by molar-refractivity contribution is 7.98. The molecule has 0 saturated carbocycles. The summed E-state index contributed by atoms with van der Waals surface area (Å²) < 4.78 is 16.1. The minimum atomic E-state index is -0.164. The molecule has 2 heterocycles. The zero-order chi connectivity index (χ0) is 20.6. The first-order valence-corrected chi connectivity index (χ1v) is 11.4. The Morgan fingerprint density at radius 3 is 2.62 bits per heavy atom. The third-order valence-electron chi connectivity index (χ3n) is 5.13. The normalized spacial score (nSPS) is 15.1. The lowest BCUT2D eigenvalue weighted by Crippen LogP contribution is -2.53. The van der Waals surface area contributed by atoms with E-state index in [1.807, 2.05) is 42.4 Å². The molecule has 158 valence electrons. The molecule has 3 rings (SSSR count). The fraction of sp³-hybridized carbons (Fsp3) is 0.550. The first-order chi connectivity index (χ1) is 14.1. The van der Waals surface area contributed by atoms with Crippen molar-refractivity contribution in [1.82, 2.24) is 25.0 Å². The van der Waals surface area contributed by atoms with Crippen LogP contribution in [-0.4, -0.2) is 70.4 Å². The third kappa shape index (κ3) is 5.62. The van der Waals surface area contributed by atoms with Crippen molar-refractivity contribution in [2.45, 2.75) is 19.9 Å². The van der Waals surface area contributed by atoms with Gasteiger partial charge in [-0.05, 0) is 37.5 Å². The summed E-state index contributed by atoms with van der Waals surface area (Å²) in [5.41, 5.74) is 0.674. The van der Waals surface area contributed by atoms with Crippen LogP contribution in [-0.2, 0) is 13.6 Å². The fourth-order valence-corrected chi connectivity index (χ4v) is 3.72. The standard InChI is InChI=1S/C20H30FN7S/c1-16-24-25-19(26(16)2)15-23-20(22-9-6-14-29-3)28-12-10-27(11-13-28)18-8-5-4-7-17(18)21/h4-5,7-8H,6,9-15H2,1-3H3,(H,22,23). The second-order valence-electron chi connectivity index (χ2n) is 7.06. The van der Waals surface area contributed by atoms with Crippen molar-refractivity contribution in [3.63, 3.8) is 0 Å². The van der Waals surface area contributed by atoms with Crippen molar-refractivity contribution in [1.29, 1.82) is 0 Å². The lowest BCUT2D eigenvalue weighted by molar-refractivity contribution is 0.369. The molecule has 1 aromatic heterocycles. The van der Waals surface area contributed by atoms with Gasteiger partial charge in [-0.1, -0.05) is 12.1 Å². The van der Waals surface area contributed by atoms with Gasteiger partial charge in [-0.15, -0.1) is 10.2 Å². The van der Waals surface area contributed by atoms with Crippen LogP contribution in [0.2, 0.25) is 0 Å². The molecule has 0 radical (unpaired) electrons. The molecule has 1 saturated heterocycles. The summed E-state index contributed by atoms with van der Waals surface area (Å²) in [6.45, 7) is 6.40. The van der Waals surface area contributed by atoms with Crippen molar-refractivity contribution in [2.75, 3.05) is 49.6 Å². The zero-order valence-electron chi connectivity index (χ0n) is 17.4. The second kappa shape index (κ2) is 10.5. The number of anilines is 1. The van der Waals surface area contributed by atoms with Gasteiger partial charge in [0.05, 0.1) is 5.69 Å². The number of aliphatic imine (C=N–C) groups is 1. The van der Waals surface area contributed by atoms with Gasteiger partial charge in [0.25, 0.3) is 0 Å². The average Bonchev–Trinajstić information content (AvgIpc) is 3.06. The molecule has 9 heteroatoms. The molecule has 0 aliphatic carbocycles. The van der Waals surface area contributed by atoms with E-state index in [1.165, 1.54) is 6.07 Å². The number of aromatic nitrogens is 3. The first-order valence-electron chi connectivity index (χ1n) is 9.96. The van der Waals surface area contributed by atoms with E-state index in [9.17, 15) is 4.39 Å². The summed E-state index contributed by atoms with van der Waals surface area (Å²) in [6, 6.07) is 6.97. The minimum Gasteiger partial charge on any atom is -0.366 e. The molecule has 1 aliphatic rings. The van der Waals surface area contributed by atoms with Crippen molar-refractivity contribution < 1.29 is 4.39 Å². The summed E-state index contributed by atoms with van der Waals surface area (Å²) in [4.78, 5) is 9.16. The highest BCUT2D eigenvalue weighted by Crippen LogP contribution is 2.20. The molecule has 1 aliphatic heterocycles. The maximum absolute atomic E-state index is 14.1. The molecule has 1 aromatic carbocycles. The van der Waals surface area contributed by atoms with Crippen LogP contribution in [0.3, 0.4) is 0 Å². The minimum absolute atomic E-state index is 0.164. The molecule has 1 N–H and O–H groups in total. The SMILES string of the molecule is CSCCCNC(=NCc1nnc(C)n1C)N1CCN(c2ccccc2F)CC1. The molecule has 0 amide bonds. The number of aryl methyl sites for hydroxylation is 1. The highest BCUT2D eigenvalue weighted by atomic mass is 32.2. The smallest absolute Gasteiger partial charge is 0.194 e. The Morgan fingerprint density at radius 1 is 1.21 bits per heavy atom. The van der Waals surface area contributed by atoms with Crippen LogP contribution in [0.15, 0.2) is 29.3 Å². The zero-order valence-corrected chi connectivity index (χ0v) is 18.3. The molecule has 0 spiro atoms. The van der Waals surface area contributed by atoms with E-state index in [-0.39, 0.29) is 5.82 Å². The van der Waals surface area contributed by atoms with Gasteiger partial charge in [-0.3, -0.25) is 0 Å². The van der Waals surface area contributed by atoms with E-state index in [0.717, 1.165) is 62.5 Å². The number of halogens is 1. The quantitative estimate of drug-likeness (QED) is 0.422. The first kappa shape index (κ1) is 21.4. The number of thioether (sulfide) groups is 1. The van der Waals surface area contributed by atoms with Crippen LogP contribution in [0, 0.1) is 12.7 Å². The van der Waals surface area contributed by atoms with E-state index >= 15 is 0 Å². The van der Waals surface area contributed by atoms with Crippen LogP contribution in [0.5, 0.6) is 0 Å². The largest absolute Gasteiger partial charge is 0.366 e. The lowest BCUT2D eigenvalue weighted by atomic mass is 10.2. The summed E-state index contributed by atoms with van der Waals surface area (Å²) in [5, 5.41) is 11.8. The summed E-state index contributed by atoms with van der Waals surface area (Å²) in [6.07, 6.45) is 3.20. The van der Waals surface area contributed by atoms with Crippen molar-refractivity contribution >= 4 is 23.4 Å². The molecule has 29 heavy (non-hydrogen) atoms. The third-order valence-corrected chi connectivity index (χ3v) is 5.83. The summed E-state index contributed by atoms with van der Waals surface area (Å²) >= 11 is 1.85. The molecule has 0 unspecified atom stereocenters. The summed E-state index contributed by atoms with van der Waals surface area (Å²) in [7, 11) is 1.96. The topological polar surface area (TPSA) is 61.6 Å². The fourth-order valence-electron chi connectivity index (χ4n) is 3.29. The molecular weight excluding hydrogens is 389 g/mol. The van der Waals surface area contributed by atoms with Gasteiger partial charge in [-0.2, -0.15) is 11.8 Å². The maximum Gasteiger partial charge on any atom is 0.194 e. The van der Waals surface area contributed by atoms with Crippen LogP contribution in [0.25, 0.3) is 0 Å². The average molecular weight is 420 g/mol. The number of nitrogens with zero attached hydrogens (tertiary/aromatic N) is 6. The Kier molecular flexibility index (Phi) is 7.74. The highest BCUT2D eigenvalue weighted by Gasteiger charge is 2.21. The van der Waals surface area contributed by atoms with E-state index in [2.05, 4.69) is 31.6 Å². The number of guanidine groups is 1. The predicted molar refractivity (Wildman–Crippen MR) is 118 cm³/mol. The van der Waals surface area contributed by atoms with Gasteiger partial charge in [0.1, 0.15) is 18.2 Å². The molecule has 0 bridgehead atoms. The van der Waals surface area contributed by atoms with Gasteiger partial charge in [0.2, 0.25) is 0 Å². The Bertz CT molecular complexity index is 815. The summed E-state index contributed by atoms with van der Waals surface area (Å²) in [5.74, 6) is 3.56. The van der Waals surface area contributed by atoms with Crippen molar-refractivity contribution in [3.8, 4) is 0 Å². The van der Waals surface area contributed by atoms with Gasteiger partial charge >= 0.3 is 0 Å². The van der Waals surface area contributed by atoms with Gasteiger partial charge in [-0.25, -0.2) is 9.38 Å². The monoisotopic (exact) mass is 419 g/mol. The molecule has 2 aromatic rings. The van der Waals surface area contributed by atoms with Crippen LogP contribution < -0.4 is 10.2 Å². The number of rotatable bonds is 7. The van der Waals surface area contributed by atoms with E-state index < -0.39 is 0 Å².